The van der Waals surface area contributed by atoms with Crippen LogP contribution in [0.4, 0.5) is 4.79 Å². The quantitative estimate of drug-likeness (QED) is 0.464. The van der Waals surface area contributed by atoms with Crippen LogP contribution in [-0.2, 0) is 4.74 Å². The minimum Gasteiger partial charge on any atom is -0.454 e. The van der Waals surface area contributed by atoms with Gasteiger partial charge in [-0.15, -0.1) is 5.10 Å². The predicted octanol–water partition coefficient (Wildman–Crippen LogP) is 4.02. The Morgan fingerprint density at radius 1 is 1.31 bits per heavy atom. The standard InChI is InChI=1S/C25H36N6O4/c1-7-8-9-13-26-21(18-12-14-30(25(18,5)6)23(32)35-24(2,3)4)22-27-28-29-31(22)17-10-11-19-20(15-17)34-16-33-19/h7-8,10-11,15,18,21,26H,9,12-14,16H2,1-6H3/b8-7+. The number of ether oxygens (including phenoxy) is 3. The molecule has 2 aromatic rings. The van der Waals surface area contributed by atoms with Gasteiger partial charge in [0.1, 0.15) is 5.60 Å². The summed E-state index contributed by atoms with van der Waals surface area (Å²) in [5.41, 5.74) is -0.250. The molecule has 1 fully saturated rings. The molecular weight excluding hydrogens is 448 g/mol. The number of benzene rings is 1. The molecule has 0 spiro atoms. The third-order valence-corrected chi connectivity index (χ3v) is 6.57. The lowest BCUT2D eigenvalue weighted by atomic mass is 9.82. The SMILES string of the molecule is C/C=C/CCNC(c1nnnn1-c1ccc2c(c1)OCO2)C1CCN(C(=O)OC(C)(C)C)C1(C)C. The Balaban J connectivity index is 1.65. The number of fused-ring (bicyclic) bond motifs is 1. The highest BCUT2D eigenvalue weighted by Crippen LogP contribution is 2.43. The van der Waals surface area contributed by atoms with Crippen molar-refractivity contribution in [2.24, 2.45) is 5.92 Å². The minimum absolute atomic E-state index is 0.0550. The zero-order valence-electron chi connectivity index (χ0n) is 21.4. The molecule has 1 saturated heterocycles. The average molecular weight is 485 g/mol. The van der Waals surface area contributed by atoms with Gasteiger partial charge in [0.05, 0.1) is 11.7 Å². The molecule has 1 amide bonds. The molecule has 1 aromatic heterocycles. The van der Waals surface area contributed by atoms with Crippen molar-refractivity contribution < 1.29 is 19.0 Å². The molecule has 190 valence electrons. The molecule has 0 bridgehead atoms. The number of aromatic nitrogens is 4. The van der Waals surface area contributed by atoms with E-state index in [-0.39, 0.29) is 24.8 Å². The van der Waals surface area contributed by atoms with Crippen LogP contribution in [0.1, 0.15) is 66.3 Å². The number of nitrogens with one attached hydrogen (secondary N) is 1. The highest BCUT2D eigenvalue weighted by atomic mass is 16.7. The smallest absolute Gasteiger partial charge is 0.410 e. The maximum absolute atomic E-state index is 13.0. The largest absolute Gasteiger partial charge is 0.454 e. The van der Waals surface area contributed by atoms with Crippen LogP contribution in [0.5, 0.6) is 11.5 Å². The summed E-state index contributed by atoms with van der Waals surface area (Å²) in [5, 5.41) is 16.4. The molecule has 4 rings (SSSR count). The maximum Gasteiger partial charge on any atom is 0.410 e. The van der Waals surface area contributed by atoms with E-state index in [4.69, 9.17) is 14.2 Å². The van der Waals surface area contributed by atoms with Crippen LogP contribution in [0, 0.1) is 5.92 Å². The minimum atomic E-state index is -0.557. The molecule has 1 N–H and O–H groups in total. The van der Waals surface area contributed by atoms with Crippen LogP contribution in [0.15, 0.2) is 30.4 Å². The molecular formula is C25H36N6O4. The number of carbonyl (C=O) groups is 1. The van der Waals surface area contributed by atoms with Crippen molar-refractivity contribution >= 4 is 6.09 Å². The first-order valence-electron chi connectivity index (χ1n) is 12.2. The fourth-order valence-corrected chi connectivity index (χ4v) is 4.82. The summed E-state index contributed by atoms with van der Waals surface area (Å²) in [4.78, 5) is 14.9. The first-order chi connectivity index (χ1) is 16.6. The van der Waals surface area contributed by atoms with Crippen LogP contribution >= 0.6 is 0 Å². The Bertz CT molecular complexity index is 1070. The molecule has 10 heteroatoms. The molecule has 3 heterocycles. The first-order valence-corrected chi connectivity index (χ1v) is 12.2. The van der Waals surface area contributed by atoms with Gasteiger partial charge in [0.25, 0.3) is 0 Å². The third kappa shape index (κ3) is 5.27. The molecule has 2 aliphatic rings. The summed E-state index contributed by atoms with van der Waals surface area (Å²) in [6, 6.07) is 5.47. The van der Waals surface area contributed by atoms with Crippen LogP contribution in [0.2, 0.25) is 0 Å². The number of carbonyl (C=O) groups excluding carboxylic acids is 1. The first kappa shape index (κ1) is 25.0. The summed E-state index contributed by atoms with van der Waals surface area (Å²) in [6.07, 6.45) is 5.53. The van der Waals surface area contributed by atoms with Gasteiger partial charge < -0.3 is 24.4 Å². The number of nitrogens with zero attached hydrogens (tertiary/aromatic N) is 5. The van der Waals surface area contributed by atoms with Gasteiger partial charge in [-0.3, -0.25) is 0 Å². The van der Waals surface area contributed by atoms with Gasteiger partial charge in [0.15, 0.2) is 17.3 Å². The van der Waals surface area contributed by atoms with Crippen LogP contribution < -0.4 is 14.8 Å². The molecule has 2 atom stereocenters. The summed E-state index contributed by atoms with van der Waals surface area (Å²) in [5.74, 6) is 2.11. The van der Waals surface area contributed by atoms with Crippen molar-refractivity contribution in [1.82, 2.24) is 30.4 Å². The number of hydrogen-bond donors (Lipinski definition) is 1. The normalized spacial score (nSPS) is 19.9. The van der Waals surface area contributed by atoms with Gasteiger partial charge >= 0.3 is 6.09 Å². The van der Waals surface area contributed by atoms with E-state index in [1.807, 2.05) is 56.9 Å². The summed E-state index contributed by atoms with van der Waals surface area (Å²) < 4.78 is 18.5. The number of hydrogen-bond acceptors (Lipinski definition) is 8. The van der Waals surface area contributed by atoms with E-state index in [1.54, 1.807) is 4.68 Å². The van der Waals surface area contributed by atoms with Gasteiger partial charge in [0.2, 0.25) is 6.79 Å². The second-order valence-corrected chi connectivity index (χ2v) is 10.5. The zero-order chi connectivity index (χ0) is 25.2. The van der Waals surface area contributed by atoms with E-state index in [0.29, 0.717) is 23.9 Å². The maximum atomic E-state index is 13.0. The summed E-state index contributed by atoms with van der Waals surface area (Å²) in [7, 11) is 0. The Labute approximate surface area is 206 Å². The Hall–Kier alpha value is -3.14. The third-order valence-electron chi connectivity index (χ3n) is 6.57. The molecule has 2 unspecified atom stereocenters. The summed E-state index contributed by atoms with van der Waals surface area (Å²) in [6.45, 7) is 13.4. The Morgan fingerprint density at radius 2 is 2.09 bits per heavy atom. The molecule has 35 heavy (non-hydrogen) atoms. The van der Waals surface area contributed by atoms with Crippen molar-refractivity contribution in [3.63, 3.8) is 0 Å². The van der Waals surface area contributed by atoms with Gasteiger partial charge in [-0.1, -0.05) is 12.2 Å². The van der Waals surface area contributed by atoms with Crippen molar-refractivity contribution in [3.05, 3.63) is 36.2 Å². The lowest BCUT2D eigenvalue weighted by molar-refractivity contribution is 0.00673. The lowest BCUT2D eigenvalue weighted by Crippen LogP contribution is -2.50. The highest BCUT2D eigenvalue weighted by molar-refractivity contribution is 5.69. The van der Waals surface area contributed by atoms with Gasteiger partial charge in [-0.05, 0) is 83.5 Å². The van der Waals surface area contributed by atoms with Crippen LogP contribution in [-0.4, -0.2) is 62.2 Å². The van der Waals surface area contributed by atoms with Gasteiger partial charge in [-0.2, -0.15) is 4.68 Å². The van der Waals surface area contributed by atoms with Crippen molar-refractivity contribution in [3.8, 4) is 17.2 Å². The Morgan fingerprint density at radius 3 is 2.83 bits per heavy atom. The Kier molecular flexibility index (Phi) is 7.02. The molecule has 0 radical (unpaired) electrons. The molecule has 0 aliphatic carbocycles. The summed E-state index contributed by atoms with van der Waals surface area (Å²) >= 11 is 0. The number of amides is 1. The number of rotatable bonds is 7. The van der Waals surface area contributed by atoms with E-state index in [0.717, 1.165) is 25.1 Å². The van der Waals surface area contributed by atoms with E-state index < -0.39 is 11.1 Å². The van der Waals surface area contributed by atoms with Crippen molar-refractivity contribution in [1.29, 1.82) is 0 Å². The molecule has 2 aliphatic heterocycles. The van der Waals surface area contributed by atoms with Crippen molar-refractivity contribution in [2.75, 3.05) is 19.9 Å². The van der Waals surface area contributed by atoms with E-state index >= 15 is 0 Å². The predicted molar refractivity (Wildman–Crippen MR) is 131 cm³/mol. The molecule has 0 saturated carbocycles. The van der Waals surface area contributed by atoms with E-state index in [9.17, 15) is 4.79 Å². The fraction of sp³-hybridized carbons (Fsp3) is 0.600. The average Bonchev–Trinajstić information content (AvgIpc) is 3.50. The highest BCUT2D eigenvalue weighted by Gasteiger charge is 2.50. The molecule has 1 aromatic carbocycles. The van der Waals surface area contributed by atoms with Crippen LogP contribution in [0.25, 0.3) is 5.69 Å². The second kappa shape index (κ2) is 9.85. The zero-order valence-corrected chi connectivity index (χ0v) is 21.4. The van der Waals surface area contributed by atoms with Gasteiger partial charge in [0, 0.05) is 24.1 Å². The fourth-order valence-electron chi connectivity index (χ4n) is 4.82. The van der Waals surface area contributed by atoms with E-state index in [2.05, 4.69) is 40.8 Å². The molecule has 10 nitrogen and oxygen atoms in total. The topological polar surface area (TPSA) is 104 Å². The second-order valence-electron chi connectivity index (χ2n) is 10.5. The van der Waals surface area contributed by atoms with Gasteiger partial charge in [-0.25, -0.2) is 4.79 Å². The number of tetrazole rings is 1. The number of allylic oxidation sites excluding steroid dienone is 1. The number of likely N-dealkylation sites (tertiary alicyclic amines) is 1. The monoisotopic (exact) mass is 484 g/mol. The van der Waals surface area contributed by atoms with Crippen LogP contribution in [0.3, 0.4) is 0 Å². The van der Waals surface area contributed by atoms with Crippen molar-refractivity contribution in [2.45, 2.75) is 71.6 Å². The van der Waals surface area contributed by atoms with E-state index in [1.165, 1.54) is 0 Å². The lowest BCUT2D eigenvalue weighted by Gasteiger charge is -2.39.